The molecule has 0 saturated carbocycles. The Balaban J connectivity index is 1.72. The smallest absolute Gasteiger partial charge is 0.269 e. The molecule has 0 aliphatic carbocycles. The number of hydrogen-bond acceptors (Lipinski definition) is 4. The van der Waals surface area contributed by atoms with E-state index in [1.165, 1.54) is 18.4 Å². The van der Waals surface area contributed by atoms with Crippen LogP contribution in [0.5, 0.6) is 5.75 Å². The predicted octanol–water partition coefficient (Wildman–Crippen LogP) is 5.53. The van der Waals surface area contributed by atoms with Crippen LogP contribution in [0.2, 0.25) is 0 Å². The highest BCUT2D eigenvalue weighted by Gasteiger charge is 2.32. The third-order valence-corrected chi connectivity index (χ3v) is 6.65. The molecular formula is C27H39N2O4+. The summed E-state index contributed by atoms with van der Waals surface area (Å²) < 4.78 is 6.95. The Kier molecular flexibility index (Phi) is 8.14. The first-order valence-electron chi connectivity index (χ1n) is 12.1. The predicted molar refractivity (Wildman–Crippen MR) is 132 cm³/mol. The second-order valence-corrected chi connectivity index (χ2v) is 10.7. The highest BCUT2D eigenvalue weighted by molar-refractivity contribution is 5.41. The van der Waals surface area contributed by atoms with Crippen LogP contribution in [0.4, 0.5) is 5.69 Å². The molecule has 1 heterocycles. The zero-order valence-electron chi connectivity index (χ0n) is 20.5. The number of nitro benzene ring substituents is 1. The van der Waals surface area contributed by atoms with E-state index in [1.54, 1.807) is 12.1 Å². The highest BCUT2D eigenvalue weighted by Crippen LogP contribution is 2.32. The standard InChI is InChI=1S/C27H39N2O4/c1-21-9-14-26(25(17-21)27(2,3)4)33-20-24(30)19-29(15-7-5-6-8-16-29)18-22-10-12-23(13-11-22)28(31)32/h9-14,17,24,30H,5-8,15-16,18-20H2,1-4H3/q+1/t24-/m1/s1. The Morgan fingerprint density at radius 3 is 2.27 bits per heavy atom. The Bertz CT molecular complexity index is 926. The summed E-state index contributed by atoms with van der Waals surface area (Å²) in [5, 5.41) is 22.0. The number of benzene rings is 2. The number of hydrogen-bond donors (Lipinski definition) is 1. The van der Waals surface area contributed by atoms with Crippen molar-refractivity contribution in [3.05, 3.63) is 69.3 Å². The molecule has 2 aromatic carbocycles. The van der Waals surface area contributed by atoms with E-state index >= 15 is 0 Å². The summed E-state index contributed by atoms with van der Waals surface area (Å²) in [4.78, 5) is 10.6. The van der Waals surface area contributed by atoms with E-state index < -0.39 is 6.10 Å². The number of ether oxygens (including phenoxy) is 1. The third-order valence-electron chi connectivity index (χ3n) is 6.65. The summed E-state index contributed by atoms with van der Waals surface area (Å²) in [6.45, 7) is 12.3. The molecule has 2 aromatic rings. The zero-order chi connectivity index (χ0) is 24.1. The van der Waals surface area contributed by atoms with E-state index in [0.717, 1.165) is 53.8 Å². The fraction of sp³-hybridized carbons (Fsp3) is 0.556. The maximum Gasteiger partial charge on any atom is 0.269 e. The molecule has 0 aromatic heterocycles. The lowest BCUT2D eigenvalue weighted by atomic mass is 9.85. The molecule has 6 heteroatoms. The molecule has 1 saturated heterocycles. The number of non-ortho nitro benzene ring substituents is 1. The molecule has 1 aliphatic rings. The van der Waals surface area contributed by atoms with Crippen LogP contribution in [0.15, 0.2) is 42.5 Å². The molecule has 0 bridgehead atoms. The van der Waals surface area contributed by atoms with Gasteiger partial charge in [0, 0.05) is 17.7 Å². The first-order chi connectivity index (χ1) is 15.6. The van der Waals surface area contributed by atoms with Crippen LogP contribution in [0.3, 0.4) is 0 Å². The number of nitro groups is 1. The van der Waals surface area contributed by atoms with Gasteiger partial charge in [0.1, 0.15) is 31.5 Å². The molecule has 1 N–H and O–H groups in total. The summed E-state index contributed by atoms with van der Waals surface area (Å²) in [6.07, 6.45) is 4.10. The lowest BCUT2D eigenvalue weighted by Crippen LogP contribution is -2.53. The number of aryl methyl sites for hydroxylation is 1. The average Bonchev–Trinajstić information content (AvgIpc) is 2.98. The molecule has 0 radical (unpaired) electrons. The van der Waals surface area contributed by atoms with Gasteiger partial charge in [-0.05, 0) is 61.8 Å². The topological polar surface area (TPSA) is 72.6 Å². The van der Waals surface area contributed by atoms with Crippen LogP contribution in [-0.4, -0.2) is 46.9 Å². The minimum atomic E-state index is -0.588. The van der Waals surface area contributed by atoms with Crippen molar-refractivity contribution in [1.29, 1.82) is 0 Å². The van der Waals surface area contributed by atoms with Gasteiger partial charge in [0.15, 0.2) is 0 Å². The van der Waals surface area contributed by atoms with Gasteiger partial charge in [-0.25, -0.2) is 0 Å². The maximum absolute atomic E-state index is 11.0. The summed E-state index contributed by atoms with van der Waals surface area (Å²) in [7, 11) is 0. The molecule has 1 atom stereocenters. The van der Waals surface area contributed by atoms with Gasteiger partial charge in [0.2, 0.25) is 0 Å². The van der Waals surface area contributed by atoms with Gasteiger partial charge in [0.05, 0.1) is 18.0 Å². The van der Waals surface area contributed by atoms with Gasteiger partial charge in [-0.15, -0.1) is 0 Å². The van der Waals surface area contributed by atoms with Gasteiger partial charge in [-0.2, -0.15) is 0 Å². The molecule has 0 unspecified atom stereocenters. The van der Waals surface area contributed by atoms with Crippen molar-refractivity contribution in [1.82, 2.24) is 0 Å². The van der Waals surface area contributed by atoms with Gasteiger partial charge >= 0.3 is 0 Å². The van der Waals surface area contributed by atoms with Crippen LogP contribution >= 0.6 is 0 Å². The fourth-order valence-electron chi connectivity index (χ4n) is 4.92. The second-order valence-electron chi connectivity index (χ2n) is 10.7. The van der Waals surface area contributed by atoms with Gasteiger partial charge in [-0.3, -0.25) is 10.1 Å². The van der Waals surface area contributed by atoms with Crippen LogP contribution in [-0.2, 0) is 12.0 Å². The third kappa shape index (κ3) is 7.02. The van der Waals surface area contributed by atoms with E-state index in [4.69, 9.17) is 4.74 Å². The number of quaternary nitrogens is 1. The first-order valence-corrected chi connectivity index (χ1v) is 12.1. The fourth-order valence-corrected chi connectivity index (χ4v) is 4.92. The number of nitrogens with zero attached hydrogens (tertiary/aromatic N) is 2. The normalized spacial score (nSPS) is 17.2. The van der Waals surface area contributed by atoms with Crippen molar-refractivity contribution in [3.8, 4) is 5.75 Å². The van der Waals surface area contributed by atoms with E-state index in [2.05, 4.69) is 39.8 Å². The van der Waals surface area contributed by atoms with Gasteiger partial charge < -0.3 is 14.3 Å². The molecule has 0 amide bonds. The molecule has 1 fully saturated rings. The SMILES string of the molecule is Cc1ccc(OC[C@H](O)C[N+]2(Cc3ccc([N+](=O)[O-])cc3)CCCCCC2)c(C(C)(C)C)c1. The summed E-state index contributed by atoms with van der Waals surface area (Å²) in [5.41, 5.74) is 3.50. The van der Waals surface area contributed by atoms with Gasteiger partial charge in [0.25, 0.3) is 5.69 Å². The zero-order valence-corrected chi connectivity index (χ0v) is 20.5. The van der Waals surface area contributed by atoms with Crippen molar-refractivity contribution in [3.63, 3.8) is 0 Å². The van der Waals surface area contributed by atoms with Crippen LogP contribution in [0.25, 0.3) is 0 Å². The van der Waals surface area contributed by atoms with E-state index in [-0.39, 0.29) is 22.6 Å². The Morgan fingerprint density at radius 1 is 1.06 bits per heavy atom. The summed E-state index contributed by atoms with van der Waals surface area (Å²) in [6, 6.07) is 13.1. The number of rotatable bonds is 8. The van der Waals surface area contributed by atoms with E-state index in [9.17, 15) is 15.2 Å². The summed E-state index contributed by atoms with van der Waals surface area (Å²) in [5.74, 6) is 0.838. The molecule has 6 nitrogen and oxygen atoms in total. The Labute approximate surface area is 197 Å². The van der Waals surface area contributed by atoms with Crippen molar-refractivity contribution in [2.75, 3.05) is 26.2 Å². The molecule has 3 rings (SSSR count). The van der Waals surface area contributed by atoms with Crippen molar-refractivity contribution in [2.24, 2.45) is 0 Å². The summed E-state index contributed by atoms with van der Waals surface area (Å²) >= 11 is 0. The lowest BCUT2D eigenvalue weighted by Gasteiger charge is -2.39. The molecule has 33 heavy (non-hydrogen) atoms. The second kappa shape index (κ2) is 10.7. The van der Waals surface area contributed by atoms with Crippen LogP contribution in [0, 0.1) is 17.0 Å². The van der Waals surface area contributed by atoms with Crippen molar-refractivity contribution < 1.29 is 19.2 Å². The Hall–Kier alpha value is -2.44. The maximum atomic E-state index is 11.0. The number of likely N-dealkylation sites (tertiary alicyclic amines) is 1. The molecule has 1 aliphatic heterocycles. The minimum Gasteiger partial charge on any atom is -0.490 e. The quantitative estimate of drug-likeness (QED) is 0.323. The minimum absolute atomic E-state index is 0.0409. The Morgan fingerprint density at radius 2 is 1.70 bits per heavy atom. The van der Waals surface area contributed by atoms with Crippen molar-refractivity contribution in [2.45, 2.75) is 71.4 Å². The van der Waals surface area contributed by atoms with Crippen molar-refractivity contribution >= 4 is 5.69 Å². The van der Waals surface area contributed by atoms with Crippen LogP contribution in [0.1, 0.15) is 63.1 Å². The largest absolute Gasteiger partial charge is 0.490 e. The highest BCUT2D eigenvalue weighted by atomic mass is 16.6. The van der Waals surface area contributed by atoms with E-state index in [1.807, 2.05) is 18.2 Å². The van der Waals surface area contributed by atoms with Crippen LogP contribution < -0.4 is 4.74 Å². The van der Waals surface area contributed by atoms with E-state index in [0.29, 0.717) is 6.54 Å². The average molecular weight is 456 g/mol. The molecular weight excluding hydrogens is 416 g/mol. The first kappa shape index (κ1) is 25.2. The molecule has 0 spiro atoms. The molecule has 180 valence electrons. The van der Waals surface area contributed by atoms with Gasteiger partial charge in [-0.1, -0.05) is 38.5 Å². The monoisotopic (exact) mass is 455 g/mol. The number of aliphatic hydroxyl groups is 1. The lowest BCUT2D eigenvalue weighted by molar-refractivity contribution is -0.942. The number of aliphatic hydroxyl groups excluding tert-OH is 1.